The number of nitrogens with zero attached hydrogens (tertiary/aromatic N) is 2. The average molecular weight is 296 g/mol. The Hall–Kier alpha value is -1.89. The molecule has 2 aromatic rings. The molecule has 0 unspecified atom stereocenters. The van der Waals surface area contributed by atoms with Crippen LogP contribution in [0.25, 0.3) is 11.0 Å². The molecular weight excluding hydrogens is 280 g/mol. The van der Waals surface area contributed by atoms with Crippen LogP contribution in [0.1, 0.15) is 24.2 Å². The fourth-order valence-corrected chi connectivity index (χ4v) is 2.29. The van der Waals surface area contributed by atoms with Crippen LogP contribution in [0.5, 0.6) is 0 Å². The van der Waals surface area contributed by atoms with E-state index in [9.17, 15) is 13.2 Å². The number of carboxylic acids is 1. The fraction of sp³-hybridized carbons (Fsp3) is 0.385. The van der Waals surface area contributed by atoms with E-state index in [1.807, 2.05) is 0 Å². The number of sulfone groups is 1. The Morgan fingerprint density at radius 1 is 1.40 bits per heavy atom. The van der Waals surface area contributed by atoms with Gasteiger partial charge in [-0.3, -0.25) is 0 Å². The molecule has 0 bridgehead atoms. The number of imidazole rings is 1. The third-order valence-corrected chi connectivity index (χ3v) is 5.57. The molecule has 6 nitrogen and oxygen atoms in total. The van der Waals surface area contributed by atoms with Crippen LogP contribution in [-0.4, -0.2) is 40.0 Å². The van der Waals surface area contributed by atoms with Gasteiger partial charge in [-0.1, -0.05) is 6.07 Å². The van der Waals surface area contributed by atoms with Gasteiger partial charge in [0.1, 0.15) is 5.52 Å². The van der Waals surface area contributed by atoms with Crippen LogP contribution in [0.15, 0.2) is 24.5 Å². The lowest BCUT2D eigenvalue weighted by Gasteiger charge is -2.23. The molecule has 0 fully saturated rings. The maximum absolute atomic E-state index is 11.8. The topological polar surface area (TPSA) is 89.3 Å². The zero-order chi connectivity index (χ0) is 15.1. The minimum Gasteiger partial charge on any atom is -0.478 e. The molecule has 7 heteroatoms. The highest BCUT2D eigenvalue weighted by Crippen LogP contribution is 2.23. The Bertz CT molecular complexity index is 775. The van der Waals surface area contributed by atoms with Gasteiger partial charge in [0.25, 0.3) is 0 Å². The maximum atomic E-state index is 11.8. The molecule has 1 aromatic carbocycles. The Labute approximate surface area is 117 Å². The van der Waals surface area contributed by atoms with Crippen molar-refractivity contribution in [3.63, 3.8) is 0 Å². The smallest absolute Gasteiger partial charge is 0.337 e. The van der Waals surface area contributed by atoms with Gasteiger partial charge in [0.05, 0.1) is 22.2 Å². The number of aromatic carboxylic acids is 1. The second-order valence-corrected chi connectivity index (χ2v) is 8.03. The molecule has 0 spiro atoms. The van der Waals surface area contributed by atoms with Gasteiger partial charge < -0.3 is 9.67 Å². The number of para-hydroxylation sites is 1. The van der Waals surface area contributed by atoms with Crippen LogP contribution in [0.3, 0.4) is 0 Å². The van der Waals surface area contributed by atoms with Crippen LogP contribution >= 0.6 is 0 Å². The maximum Gasteiger partial charge on any atom is 0.337 e. The summed E-state index contributed by atoms with van der Waals surface area (Å²) in [5, 5.41) is 9.11. The van der Waals surface area contributed by atoms with Gasteiger partial charge in [-0.25, -0.2) is 18.2 Å². The molecule has 2 rings (SSSR count). The largest absolute Gasteiger partial charge is 0.478 e. The lowest BCUT2D eigenvalue weighted by Crippen LogP contribution is -2.35. The van der Waals surface area contributed by atoms with E-state index in [0.717, 1.165) is 0 Å². The SMILES string of the molecule is CC(C)(Cn1cnc2c(C(=O)O)cccc21)S(C)(=O)=O. The van der Waals surface area contributed by atoms with E-state index in [-0.39, 0.29) is 12.1 Å². The van der Waals surface area contributed by atoms with E-state index < -0.39 is 20.6 Å². The van der Waals surface area contributed by atoms with Crippen LogP contribution < -0.4 is 0 Å². The summed E-state index contributed by atoms with van der Waals surface area (Å²) in [5.41, 5.74) is 1.09. The Balaban J connectivity index is 2.53. The number of aromatic nitrogens is 2. The summed E-state index contributed by atoms with van der Waals surface area (Å²) in [7, 11) is -3.24. The van der Waals surface area contributed by atoms with Crippen molar-refractivity contribution < 1.29 is 18.3 Å². The first kappa shape index (κ1) is 14.5. The first-order valence-corrected chi connectivity index (χ1v) is 7.89. The van der Waals surface area contributed by atoms with Crippen molar-refractivity contribution in [3.8, 4) is 0 Å². The first-order chi connectivity index (χ1) is 9.13. The molecule has 0 saturated heterocycles. The number of hydrogen-bond acceptors (Lipinski definition) is 4. The van der Waals surface area contributed by atoms with Crippen molar-refractivity contribution in [2.24, 2.45) is 0 Å². The molecule has 0 aliphatic carbocycles. The van der Waals surface area contributed by atoms with Crippen LogP contribution in [0, 0.1) is 0 Å². The first-order valence-electron chi connectivity index (χ1n) is 6.00. The molecule has 1 N–H and O–H groups in total. The van der Waals surface area contributed by atoms with E-state index >= 15 is 0 Å². The Morgan fingerprint density at radius 2 is 2.05 bits per heavy atom. The second-order valence-electron chi connectivity index (χ2n) is 5.38. The fourth-order valence-electron chi connectivity index (χ4n) is 1.91. The minimum atomic E-state index is -3.24. The van der Waals surface area contributed by atoms with E-state index in [1.54, 1.807) is 30.5 Å². The monoisotopic (exact) mass is 296 g/mol. The molecule has 1 heterocycles. The van der Waals surface area contributed by atoms with Crippen molar-refractivity contribution >= 4 is 26.8 Å². The van der Waals surface area contributed by atoms with Crippen LogP contribution in [-0.2, 0) is 16.4 Å². The molecule has 0 amide bonds. The molecule has 0 saturated carbocycles. The van der Waals surface area contributed by atoms with E-state index in [1.165, 1.54) is 18.6 Å². The molecule has 0 aliphatic heterocycles. The van der Waals surface area contributed by atoms with Crippen LogP contribution in [0.2, 0.25) is 0 Å². The standard InChI is InChI=1S/C13H16N2O4S/c1-13(2,20(3,18)19)7-15-8-14-11-9(12(16)17)5-4-6-10(11)15/h4-6,8H,7H2,1-3H3,(H,16,17). The average Bonchev–Trinajstić information content (AvgIpc) is 2.70. The van der Waals surface area contributed by atoms with Gasteiger partial charge >= 0.3 is 5.97 Å². The number of carbonyl (C=O) groups is 1. The summed E-state index contributed by atoms with van der Waals surface area (Å²) in [6, 6.07) is 4.83. The number of hydrogen-bond donors (Lipinski definition) is 1. The van der Waals surface area contributed by atoms with Gasteiger partial charge in [-0.2, -0.15) is 0 Å². The molecule has 0 aliphatic rings. The highest BCUT2D eigenvalue weighted by molar-refractivity contribution is 7.92. The normalized spacial score (nSPS) is 12.8. The third-order valence-electron chi connectivity index (χ3n) is 3.44. The molecule has 0 atom stereocenters. The quantitative estimate of drug-likeness (QED) is 0.924. The number of carboxylic acid groups (broad SMARTS) is 1. The zero-order valence-electron chi connectivity index (χ0n) is 11.5. The minimum absolute atomic E-state index is 0.110. The van der Waals surface area contributed by atoms with Gasteiger partial charge in [0.2, 0.25) is 0 Å². The van der Waals surface area contributed by atoms with Crippen molar-refractivity contribution in [1.29, 1.82) is 0 Å². The van der Waals surface area contributed by atoms with Crippen molar-refractivity contribution in [1.82, 2.24) is 9.55 Å². The summed E-state index contributed by atoms with van der Waals surface area (Å²) in [6.07, 6.45) is 2.67. The van der Waals surface area contributed by atoms with E-state index in [0.29, 0.717) is 11.0 Å². The number of benzene rings is 1. The van der Waals surface area contributed by atoms with Gasteiger partial charge in [0, 0.05) is 12.8 Å². The zero-order valence-corrected chi connectivity index (χ0v) is 12.3. The summed E-state index contributed by atoms with van der Waals surface area (Å²) < 4.78 is 24.2. The van der Waals surface area contributed by atoms with Crippen molar-refractivity contribution in [2.45, 2.75) is 25.1 Å². The second kappa shape index (κ2) is 4.59. The lowest BCUT2D eigenvalue weighted by molar-refractivity contribution is 0.0699. The van der Waals surface area contributed by atoms with Crippen LogP contribution in [0.4, 0.5) is 0 Å². The summed E-state index contributed by atoms with van der Waals surface area (Å²) in [5.74, 6) is -1.05. The molecular formula is C13H16N2O4S. The molecule has 108 valence electrons. The molecule has 1 aromatic heterocycles. The van der Waals surface area contributed by atoms with Gasteiger partial charge in [0.15, 0.2) is 9.84 Å². The third kappa shape index (κ3) is 2.40. The molecule has 20 heavy (non-hydrogen) atoms. The summed E-state index contributed by atoms with van der Waals surface area (Å²) >= 11 is 0. The lowest BCUT2D eigenvalue weighted by atomic mass is 10.1. The molecule has 0 radical (unpaired) electrons. The summed E-state index contributed by atoms with van der Waals surface area (Å²) in [4.78, 5) is 15.2. The van der Waals surface area contributed by atoms with Gasteiger partial charge in [-0.05, 0) is 26.0 Å². The number of fused-ring (bicyclic) bond motifs is 1. The highest BCUT2D eigenvalue weighted by atomic mass is 32.2. The predicted molar refractivity (Wildman–Crippen MR) is 75.6 cm³/mol. The summed E-state index contributed by atoms with van der Waals surface area (Å²) in [6.45, 7) is 3.48. The van der Waals surface area contributed by atoms with Crippen molar-refractivity contribution in [3.05, 3.63) is 30.1 Å². The Kier molecular flexibility index (Phi) is 3.33. The predicted octanol–water partition coefficient (Wildman–Crippen LogP) is 1.56. The highest BCUT2D eigenvalue weighted by Gasteiger charge is 2.31. The van der Waals surface area contributed by atoms with Gasteiger partial charge in [-0.15, -0.1) is 0 Å². The van der Waals surface area contributed by atoms with E-state index in [2.05, 4.69) is 4.98 Å². The van der Waals surface area contributed by atoms with Crippen molar-refractivity contribution in [2.75, 3.05) is 6.26 Å². The Morgan fingerprint density at radius 3 is 2.60 bits per heavy atom. The number of rotatable bonds is 4. The van der Waals surface area contributed by atoms with E-state index in [4.69, 9.17) is 5.11 Å².